The van der Waals surface area contributed by atoms with Gasteiger partial charge in [-0.1, -0.05) is 0 Å². The van der Waals surface area contributed by atoms with Gasteiger partial charge in [-0.3, -0.25) is 30.4 Å². The predicted octanol–water partition coefficient (Wildman–Crippen LogP) is 0.218. The highest BCUT2D eigenvalue weighted by Gasteiger charge is 2.57. The van der Waals surface area contributed by atoms with Crippen LogP contribution in [-0.4, -0.2) is 33.6 Å². The zero-order valence-corrected chi connectivity index (χ0v) is 12.9. The van der Waals surface area contributed by atoms with Crippen LogP contribution in [0.4, 0.5) is 5.69 Å². The number of nitro groups is 1. The molecule has 0 saturated carbocycles. The fourth-order valence-corrected chi connectivity index (χ4v) is 3.33. The first-order valence-electron chi connectivity index (χ1n) is 6.64. The molecule has 0 bridgehead atoms. The molecule has 1 aromatic rings. The Morgan fingerprint density at radius 3 is 2.57 bits per heavy atom. The summed E-state index contributed by atoms with van der Waals surface area (Å²) in [5.74, 6) is 4.03. The molecule has 1 saturated heterocycles. The lowest BCUT2D eigenvalue weighted by Crippen LogP contribution is -2.60. The van der Waals surface area contributed by atoms with Crippen molar-refractivity contribution in [3.63, 3.8) is 0 Å². The molecule has 1 aliphatic rings. The lowest BCUT2D eigenvalue weighted by molar-refractivity contribution is -0.384. The average Bonchev–Trinajstić information content (AvgIpc) is 2.52. The van der Waals surface area contributed by atoms with Crippen molar-refractivity contribution in [1.29, 1.82) is 0 Å². The Morgan fingerprint density at radius 2 is 2.00 bits per heavy atom. The second kappa shape index (κ2) is 6.37. The number of amides is 2. The van der Waals surface area contributed by atoms with Crippen molar-refractivity contribution in [3.8, 4) is 0 Å². The molecule has 0 aromatic heterocycles. The number of carbonyl (C=O) groups excluding carboxylic acids is 2. The van der Waals surface area contributed by atoms with Crippen LogP contribution < -0.4 is 16.7 Å². The molecular formula is C12H15N5O5P+. The van der Waals surface area contributed by atoms with Crippen LogP contribution in [0.2, 0.25) is 0 Å². The molecule has 0 aliphatic carbocycles. The van der Waals surface area contributed by atoms with Gasteiger partial charge < -0.3 is 0 Å². The van der Waals surface area contributed by atoms with Gasteiger partial charge >= 0.3 is 19.1 Å². The van der Waals surface area contributed by atoms with Crippen molar-refractivity contribution in [2.45, 2.75) is 18.1 Å². The molecule has 2 amide bonds. The molecule has 2 rings (SSSR count). The third-order valence-corrected chi connectivity index (χ3v) is 5.04. The number of piperidine rings is 1. The van der Waals surface area contributed by atoms with Crippen LogP contribution in [0, 0.1) is 10.1 Å². The average molecular weight is 340 g/mol. The van der Waals surface area contributed by atoms with Gasteiger partial charge in [0.25, 0.3) is 11.6 Å². The number of nitrogens with one attached hydrogen (secondary N) is 1. The molecular weight excluding hydrogens is 325 g/mol. The van der Waals surface area contributed by atoms with E-state index in [1.165, 1.54) is 12.1 Å². The molecule has 11 heteroatoms. The zero-order valence-electron chi connectivity index (χ0n) is 12.0. The summed E-state index contributed by atoms with van der Waals surface area (Å²) in [6, 6.07) is 4.73. The van der Waals surface area contributed by atoms with E-state index < -0.39 is 30.0 Å². The Bertz CT molecular complexity index is 679. The summed E-state index contributed by atoms with van der Waals surface area (Å²) in [4.78, 5) is 34.0. The topological polar surface area (TPSA) is 162 Å². The van der Waals surface area contributed by atoms with Gasteiger partial charge in [-0.2, -0.15) is 0 Å². The van der Waals surface area contributed by atoms with Crippen molar-refractivity contribution in [3.05, 3.63) is 39.9 Å². The first-order chi connectivity index (χ1) is 10.8. The summed E-state index contributed by atoms with van der Waals surface area (Å²) in [5, 5.41) is 11.9. The summed E-state index contributed by atoms with van der Waals surface area (Å²) < 4.78 is 12.3. The van der Waals surface area contributed by atoms with Crippen LogP contribution in [0.5, 0.6) is 0 Å². The molecule has 1 fully saturated rings. The summed E-state index contributed by atoms with van der Waals surface area (Å²) >= 11 is 0. The summed E-state index contributed by atoms with van der Waals surface area (Å²) in [5.41, 5.74) is 5.75. The number of nitro benzene ring substituents is 1. The van der Waals surface area contributed by atoms with Crippen LogP contribution in [0.15, 0.2) is 24.3 Å². The van der Waals surface area contributed by atoms with Crippen molar-refractivity contribution in [2.75, 3.05) is 6.54 Å². The maximum Gasteiger partial charge on any atom is 0.495 e. The number of benzene rings is 1. The van der Waals surface area contributed by atoms with Gasteiger partial charge in [-0.15, -0.1) is 5.09 Å². The minimum atomic E-state index is -2.61. The second-order valence-corrected chi connectivity index (χ2v) is 6.68. The highest BCUT2D eigenvalue weighted by Crippen LogP contribution is 2.38. The molecule has 0 spiro atoms. The molecule has 23 heavy (non-hydrogen) atoms. The van der Waals surface area contributed by atoms with Crippen LogP contribution in [-0.2, 0) is 9.36 Å². The highest BCUT2D eigenvalue weighted by molar-refractivity contribution is 7.46. The number of carbonyl (C=O) groups is 2. The molecule has 122 valence electrons. The maximum atomic E-state index is 12.3. The molecule has 1 unspecified atom stereocenters. The van der Waals surface area contributed by atoms with Gasteiger partial charge in [0.1, 0.15) is 0 Å². The van der Waals surface area contributed by atoms with E-state index in [0.29, 0.717) is 13.0 Å². The standard InChI is InChI=1S/C12H14N5O5P/c13-12(6-1-7-16(14)11(12)19)23(22)15-10(18)8-2-4-9(5-3-8)17(20)21/h2-5H,1,6-7,13-14H2/p+1/t12-/m0/s1. The summed E-state index contributed by atoms with van der Waals surface area (Å²) in [6.07, 6.45) is 0.600. The van der Waals surface area contributed by atoms with Gasteiger partial charge in [-0.25, -0.2) is 5.84 Å². The van der Waals surface area contributed by atoms with Crippen LogP contribution in [0.3, 0.4) is 0 Å². The van der Waals surface area contributed by atoms with Gasteiger partial charge in [0.15, 0.2) is 0 Å². The molecule has 10 nitrogen and oxygen atoms in total. The van der Waals surface area contributed by atoms with Gasteiger partial charge in [0, 0.05) is 30.7 Å². The minimum Gasteiger partial charge on any atom is -0.275 e. The van der Waals surface area contributed by atoms with Gasteiger partial charge in [0.05, 0.1) is 4.92 Å². The summed E-state index contributed by atoms with van der Waals surface area (Å²) in [7, 11) is -2.61. The summed E-state index contributed by atoms with van der Waals surface area (Å²) in [6.45, 7) is 0.303. The van der Waals surface area contributed by atoms with Crippen LogP contribution in [0.1, 0.15) is 23.2 Å². The number of nitrogens with zero attached hydrogens (tertiary/aromatic N) is 2. The highest BCUT2D eigenvalue weighted by atomic mass is 31.1. The lowest BCUT2D eigenvalue weighted by atomic mass is 10.1. The first-order valence-corrected chi connectivity index (χ1v) is 7.90. The first kappa shape index (κ1) is 16.9. The van der Waals surface area contributed by atoms with Crippen molar-refractivity contribution in [1.82, 2.24) is 10.1 Å². The fourth-order valence-electron chi connectivity index (χ4n) is 2.16. The molecule has 2 atom stereocenters. The number of rotatable bonds is 4. The largest absolute Gasteiger partial charge is 0.495 e. The molecule has 5 N–H and O–H groups in total. The Hall–Kier alpha value is -2.42. The number of non-ortho nitro benzene ring substituents is 1. The Labute approximate surface area is 131 Å². The molecule has 0 radical (unpaired) electrons. The van der Waals surface area contributed by atoms with Gasteiger partial charge in [-0.05, 0) is 23.1 Å². The number of hydrazine groups is 1. The Balaban J connectivity index is 2.11. The van der Waals surface area contributed by atoms with Crippen molar-refractivity contribution < 1.29 is 19.1 Å². The predicted molar refractivity (Wildman–Crippen MR) is 80.2 cm³/mol. The smallest absolute Gasteiger partial charge is 0.275 e. The van der Waals surface area contributed by atoms with E-state index in [2.05, 4.69) is 5.09 Å². The minimum absolute atomic E-state index is 0.0652. The fraction of sp³-hybridized carbons (Fsp3) is 0.333. The quantitative estimate of drug-likeness (QED) is 0.232. The number of nitrogens with two attached hydrogens (primary N) is 2. The van der Waals surface area contributed by atoms with E-state index in [4.69, 9.17) is 11.6 Å². The third kappa shape index (κ3) is 3.34. The second-order valence-electron chi connectivity index (χ2n) is 5.07. The normalized spacial score (nSPS) is 21.7. The van der Waals surface area contributed by atoms with E-state index >= 15 is 0 Å². The third-order valence-electron chi connectivity index (χ3n) is 3.49. The Morgan fingerprint density at radius 1 is 1.39 bits per heavy atom. The molecule has 1 heterocycles. The number of hydrogen-bond donors (Lipinski definition) is 3. The van der Waals surface area contributed by atoms with E-state index in [0.717, 1.165) is 17.1 Å². The molecule has 1 aromatic carbocycles. The monoisotopic (exact) mass is 340 g/mol. The Kier molecular flexibility index (Phi) is 4.69. The van der Waals surface area contributed by atoms with Crippen molar-refractivity contribution >= 4 is 25.5 Å². The number of hydrogen-bond acceptors (Lipinski definition) is 7. The molecule has 1 aliphatic heterocycles. The van der Waals surface area contributed by atoms with E-state index in [1.807, 2.05) is 0 Å². The SMILES string of the molecule is NN1CCC[C@](N)([P+](=O)NC(=O)c2ccc([N+](=O)[O-])cc2)C1=O. The van der Waals surface area contributed by atoms with E-state index in [9.17, 15) is 24.3 Å². The lowest BCUT2D eigenvalue weighted by Gasteiger charge is -2.28. The van der Waals surface area contributed by atoms with Crippen LogP contribution >= 0.6 is 7.95 Å². The van der Waals surface area contributed by atoms with E-state index in [-0.39, 0.29) is 17.7 Å². The zero-order chi connectivity index (χ0) is 17.2. The van der Waals surface area contributed by atoms with E-state index in [1.54, 1.807) is 0 Å². The van der Waals surface area contributed by atoms with Crippen molar-refractivity contribution in [2.24, 2.45) is 11.6 Å². The maximum absolute atomic E-state index is 12.3. The van der Waals surface area contributed by atoms with Crippen LogP contribution in [0.25, 0.3) is 0 Å². The van der Waals surface area contributed by atoms with Gasteiger partial charge in [0.2, 0.25) is 0 Å².